The van der Waals surface area contributed by atoms with Crippen LogP contribution in [0.15, 0.2) is 66.9 Å². The summed E-state index contributed by atoms with van der Waals surface area (Å²) < 4.78 is 42.3. The maximum absolute atomic E-state index is 13.6. The summed E-state index contributed by atoms with van der Waals surface area (Å²) in [5.41, 5.74) is 1.19. The summed E-state index contributed by atoms with van der Waals surface area (Å²) in [6.45, 7) is 1.33. The van der Waals surface area contributed by atoms with Crippen LogP contribution < -0.4 is 10.2 Å². The van der Waals surface area contributed by atoms with E-state index in [-0.39, 0.29) is 12.1 Å². The zero-order valence-corrected chi connectivity index (χ0v) is 19.6. The molecule has 8 nitrogen and oxygen atoms in total. The maximum atomic E-state index is 13.6. The molecule has 0 spiro atoms. The summed E-state index contributed by atoms with van der Waals surface area (Å²) in [5, 5.41) is 18.0. The first-order chi connectivity index (χ1) is 17.8. The van der Waals surface area contributed by atoms with Crippen LogP contribution in [0.2, 0.25) is 0 Å². The van der Waals surface area contributed by atoms with E-state index in [2.05, 4.69) is 10.3 Å². The van der Waals surface area contributed by atoms with E-state index in [1.165, 1.54) is 15.6 Å². The molecule has 0 saturated carbocycles. The van der Waals surface area contributed by atoms with Crippen LogP contribution in [0.4, 0.5) is 29.6 Å². The second kappa shape index (κ2) is 8.68. The van der Waals surface area contributed by atoms with Gasteiger partial charge in [0.2, 0.25) is 0 Å². The largest absolute Gasteiger partial charge is 0.465 e. The maximum Gasteiger partial charge on any atom is 0.416 e. The Kier molecular flexibility index (Phi) is 5.43. The summed E-state index contributed by atoms with van der Waals surface area (Å²) in [6, 6.07) is 16.6. The van der Waals surface area contributed by atoms with E-state index in [0.29, 0.717) is 54.3 Å². The number of carbonyl (C=O) groups is 1. The van der Waals surface area contributed by atoms with Crippen LogP contribution in [0.5, 0.6) is 0 Å². The van der Waals surface area contributed by atoms with Crippen molar-refractivity contribution in [2.75, 3.05) is 23.3 Å². The van der Waals surface area contributed by atoms with Crippen molar-refractivity contribution in [3.05, 3.63) is 78.0 Å². The predicted molar refractivity (Wildman–Crippen MR) is 132 cm³/mol. The number of halogens is 3. The van der Waals surface area contributed by atoms with Crippen LogP contribution >= 0.6 is 0 Å². The molecule has 2 bridgehead atoms. The summed E-state index contributed by atoms with van der Waals surface area (Å²) in [5.74, 6) is 1.12. The molecular formula is C26H23F3N6O2. The molecule has 1 amide bonds. The number of aromatic nitrogens is 3. The highest BCUT2D eigenvalue weighted by Crippen LogP contribution is 2.40. The van der Waals surface area contributed by atoms with Gasteiger partial charge in [0, 0.05) is 37.3 Å². The zero-order chi connectivity index (χ0) is 25.7. The number of likely N-dealkylation sites (tertiary alicyclic amines) is 1. The molecule has 190 valence electrons. The van der Waals surface area contributed by atoms with E-state index < -0.39 is 17.8 Å². The van der Waals surface area contributed by atoms with E-state index >= 15 is 0 Å². The quantitative estimate of drug-likeness (QED) is 0.395. The van der Waals surface area contributed by atoms with Crippen molar-refractivity contribution in [1.82, 2.24) is 19.7 Å². The van der Waals surface area contributed by atoms with Crippen LogP contribution in [0.1, 0.15) is 17.5 Å². The van der Waals surface area contributed by atoms with Crippen molar-refractivity contribution >= 4 is 28.6 Å². The number of alkyl halides is 3. The van der Waals surface area contributed by atoms with E-state index in [1.807, 2.05) is 35.2 Å². The Labute approximate surface area is 209 Å². The lowest BCUT2D eigenvalue weighted by molar-refractivity contribution is -0.137. The SMILES string of the molecule is O=C(O)N1C[C@@H]2C[C@H]1CN2c1nn(-c2ccnc(NCc3ccccc3)c2)c2cc(C(F)(F)F)ccc12. The Morgan fingerprint density at radius 2 is 1.86 bits per heavy atom. The van der Waals surface area contributed by atoms with E-state index in [9.17, 15) is 23.1 Å². The van der Waals surface area contributed by atoms with Gasteiger partial charge >= 0.3 is 12.3 Å². The van der Waals surface area contributed by atoms with E-state index in [1.54, 1.807) is 18.3 Å². The number of piperazine rings is 1. The number of hydrogen-bond acceptors (Lipinski definition) is 5. The molecule has 2 N–H and O–H groups in total. The number of fused-ring (bicyclic) bond motifs is 3. The molecule has 2 aromatic heterocycles. The van der Waals surface area contributed by atoms with Gasteiger partial charge in [-0.25, -0.2) is 14.5 Å². The molecule has 0 aliphatic carbocycles. The summed E-state index contributed by atoms with van der Waals surface area (Å²) >= 11 is 0. The van der Waals surface area contributed by atoms with Crippen LogP contribution in [0, 0.1) is 0 Å². The number of nitrogens with one attached hydrogen (secondary N) is 1. The van der Waals surface area contributed by atoms with Gasteiger partial charge in [0.25, 0.3) is 0 Å². The summed E-state index contributed by atoms with van der Waals surface area (Å²) in [6.07, 6.45) is -3.20. The Morgan fingerprint density at radius 1 is 1.05 bits per heavy atom. The average molecular weight is 509 g/mol. The number of carboxylic acid groups (broad SMARTS) is 1. The van der Waals surface area contributed by atoms with Crippen molar-refractivity contribution in [1.29, 1.82) is 0 Å². The first-order valence-corrected chi connectivity index (χ1v) is 11.9. The number of rotatable bonds is 5. The van der Waals surface area contributed by atoms with Crippen LogP contribution in [0.25, 0.3) is 16.6 Å². The van der Waals surface area contributed by atoms with Crippen molar-refractivity contribution in [2.45, 2.75) is 31.2 Å². The van der Waals surface area contributed by atoms with Crippen molar-refractivity contribution < 1.29 is 23.1 Å². The van der Waals surface area contributed by atoms with Gasteiger partial charge in [-0.05, 0) is 36.2 Å². The molecule has 2 aliphatic heterocycles. The Bertz CT molecular complexity index is 1470. The van der Waals surface area contributed by atoms with E-state index in [0.717, 1.165) is 17.7 Å². The van der Waals surface area contributed by atoms with Gasteiger partial charge in [0.15, 0.2) is 5.82 Å². The minimum atomic E-state index is -4.50. The molecular weight excluding hydrogens is 485 g/mol. The third-order valence-corrected chi connectivity index (χ3v) is 7.05. The molecule has 2 aliphatic rings. The standard InChI is InChI=1S/C26H23F3N6O2/c27-26(28,29)17-6-7-21-22(10-17)35(32-24(21)33-14-20-11-19(33)15-34(20)25(36)37)18-8-9-30-23(12-18)31-13-16-4-2-1-3-5-16/h1-10,12,19-20H,11,13-15H2,(H,30,31)(H,36,37)/t19-,20-/m0/s1. The number of amides is 1. The summed E-state index contributed by atoms with van der Waals surface area (Å²) in [4.78, 5) is 19.3. The second-order valence-corrected chi connectivity index (χ2v) is 9.33. The molecule has 0 radical (unpaired) electrons. The van der Waals surface area contributed by atoms with Crippen LogP contribution in [-0.4, -0.2) is 56.0 Å². The third kappa shape index (κ3) is 4.20. The van der Waals surface area contributed by atoms with Crippen molar-refractivity contribution in [2.24, 2.45) is 0 Å². The monoisotopic (exact) mass is 508 g/mol. The Balaban J connectivity index is 1.38. The first kappa shape index (κ1) is 23.1. The highest BCUT2D eigenvalue weighted by molar-refractivity contribution is 5.93. The molecule has 4 heterocycles. The molecule has 6 rings (SSSR count). The lowest BCUT2D eigenvalue weighted by atomic mass is 10.1. The van der Waals surface area contributed by atoms with Gasteiger partial charge in [-0.1, -0.05) is 30.3 Å². The smallest absolute Gasteiger partial charge is 0.416 e. The Hall–Kier alpha value is -4.28. The van der Waals surface area contributed by atoms with Crippen molar-refractivity contribution in [3.8, 4) is 5.69 Å². The van der Waals surface area contributed by atoms with Crippen LogP contribution in [-0.2, 0) is 12.7 Å². The summed E-state index contributed by atoms with van der Waals surface area (Å²) in [7, 11) is 0. The highest BCUT2D eigenvalue weighted by atomic mass is 19.4. The Morgan fingerprint density at radius 3 is 2.57 bits per heavy atom. The molecule has 2 atom stereocenters. The predicted octanol–water partition coefficient (Wildman–Crippen LogP) is 4.99. The van der Waals surface area contributed by atoms with Gasteiger partial charge in [0.05, 0.1) is 28.9 Å². The normalized spacial score (nSPS) is 19.1. The van der Waals surface area contributed by atoms with Gasteiger partial charge in [-0.15, -0.1) is 5.10 Å². The topological polar surface area (TPSA) is 86.5 Å². The fourth-order valence-electron chi connectivity index (χ4n) is 5.28. The molecule has 37 heavy (non-hydrogen) atoms. The molecule has 2 fully saturated rings. The fourth-order valence-corrected chi connectivity index (χ4v) is 5.28. The molecule has 11 heteroatoms. The molecule has 4 aromatic rings. The van der Waals surface area contributed by atoms with Crippen LogP contribution in [0.3, 0.4) is 0 Å². The average Bonchev–Trinajstić information content (AvgIpc) is 3.60. The second-order valence-electron chi connectivity index (χ2n) is 9.33. The van der Waals surface area contributed by atoms with E-state index in [4.69, 9.17) is 5.10 Å². The minimum Gasteiger partial charge on any atom is -0.465 e. The number of benzene rings is 2. The number of pyridine rings is 1. The lowest BCUT2D eigenvalue weighted by Gasteiger charge is -2.32. The number of anilines is 2. The number of hydrogen-bond donors (Lipinski definition) is 2. The third-order valence-electron chi connectivity index (χ3n) is 7.05. The first-order valence-electron chi connectivity index (χ1n) is 11.9. The fraction of sp³-hybridized carbons (Fsp3) is 0.269. The molecule has 0 unspecified atom stereocenters. The van der Waals surface area contributed by atoms with Crippen molar-refractivity contribution in [3.63, 3.8) is 0 Å². The van der Waals surface area contributed by atoms with Gasteiger partial charge in [0.1, 0.15) is 5.82 Å². The minimum absolute atomic E-state index is 0.0736. The number of nitrogens with zero attached hydrogens (tertiary/aromatic N) is 5. The van der Waals surface area contributed by atoms with Gasteiger partial charge in [-0.2, -0.15) is 13.2 Å². The lowest BCUT2D eigenvalue weighted by Crippen LogP contribution is -2.48. The highest BCUT2D eigenvalue weighted by Gasteiger charge is 2.46. The molecule has 2 aromatic carbocycles. The molecule has 2 saturated heterocycles. The zero-order valence-electron chi connectivity index (χ0n) is 19.6. The van der Waals surface area contributed by atoms with Gasteiger partial charge in [-0.3, -0.25) is 0 Å². The van der Waals surface area contributed by atoms with Gasteiger partial charge < -0.3 is 20.2 Å².